The quantitative estimate of drug-likeness (QED) is 0.0991. The van der Waals surface area contributed by atoms with Crippen LogP contribution in [0.15, 0.2) is 10.6 Å². The van der Waals surface area contributed by atoms with Crippen LogP contribution in [0.3, 0.4) is 0 Å². The zero-order valence-electron chi connectivity index (χ0n) is 16.8. The number of aliphatic hydroxyl groups is 1. The maximum atomic E-state index is 12.4. The fourth-order valence-electron chi connectivity index (χ4n) is 4.36. The highest BCUT2D eigenvalue weighted by Gasteiger charge is 2.60. The highest BCUT2D eigenvalue weighted by Crippen LogP contribution is 2.51. The summed E-state index contributed by atoms with van der Waals surface area (Å²) in [6.07, 6.45) is -0.308. The van der Waals surface area contributed by atoms with Crippen molar-refractivity contribution in [2.45, 2.75) is 43.7 Å². The molecular weight excluding hydrogens is 412 g/mol. The lowest BCUT2D eigenvalue weighted by Gasteiger charge is -2.46. The van der Waals surface area contributed by atoms with Gasteiger partial charge in [-0.05, 0) is 13.3 Å². The zero-order chi connectivity index (χ0) is 22.2. The van der Waals surface area contributed by atoms with E-state index >= 15 is 0 Å². The lowest BCUT2D eigenvalue weighted by molar-refractivity contribution is -0.163. The SMILES string of the molecule is C[C@@H](O)[C@H]1C(=O)N2C(C(=O)O)=C(S[C@@H]3CN[C@H](C(=O)NCCNC(=N)N)C3)[C@H](C)[C@H]12. The minimum Gasteiger partial charge on any atom is -0.477 e. The van der Waals surface area contributed by atoms with Crippen LogP contribution < -0.4 is 21.7 Å². The van der Waals surface area contributed by atoms with Crippen LogP contribution in [0.1, 0.15) is 20.3 Å². The number of hydrogen-bond donors (Lipinski definition) is 7. The molecule has 0 radical (unpaired) electrons. The van der Waals surface area contributed by atoms with Crippen molar-refractivity contribution in [2.75, 3.05) is 19.6 Å². The fraction of sp³-hybridized carbons (Fsp3) is 0.667. The van der Waals surface area contributed by atoms with Gasteiger partial charge in [0.2, 0.25) is 11.8 Å². The minimum atomic E-state index is -1.15. The van der Waals surface area contributed by atoms with Crippen LogP contribution in [0, 0.1) is 17.2 Å². The Balaban J connectivity index is 1.61. The van der Waals surface area contributed by atoms with Gasteiger partial charge >= 0.3 is 5.97 Å². The summed E-state index contributed by atoms with van der Waals surface area (Å²) in [6.45, 7) is 4.66. The van der Waals surface area contributed by atoms with E-state index in [-0.39, 0.29) is 40.7 Å². The number of aliphatic carboxylic acids is 1. The molecule has 2 amide bonds. The maximum absolute atomic E-state index is 12.4. The molecule has 0 aliphatic carbocycles. The summed E-state index contributed by atoms with van der Waals surface area (Å²) in [5.74, 6) is -2.60. The molecule has 3 heterocycles. The second kappa shape index (κ2) is 8.82. The molecule has 3 aliphatic rings. The number of fused-ring (bicyclic) bond motifs is 1. The number of amides is 2. The number of carboxylic acids is 1. The number of nitrogens with two attached hydrogens (primary N) is 1. The zero-order valence-corrected chi connectivity index (χ0v) is 17.7. The lowest BCUT2D eigenvalue weighted by Crippen LogP contribution is -2.63. The Morgan fingerprint density at radius 1 is 1.40 bits per heavy atom. The second-order valence-electron chi connectivity index (χ2n) is 7.84. The molecule has 12 heteroatoms. The number of hydrogen-bond acceptors (Lipinski definition) is 7. The van der Waals surface area contributed by atoms with E-state index in [0.29, 0.717) is 31.0 Å². The average Bonchev–Trinajstić information content (AvgIpc) is 3.21. The van der Waals surface area contributed by atoms with E-state index in [1.165, 1.54) is 16.7 Å². The van der Waals surface area contributed by atoms with Crippen LogP contribution in [0.25, 0.3) is 0 Å². The monoisotopic (exact) mass is 440 g/mol. The van der Waals surface area contributed by atoms with Crippen molar-refractivity contribution in [3.05, 3.63) is 10.6 Å². The van der Waals surface area contributed by atoms with Gasteiger partial charge in [-0.1, -0.05) is 6.92 Å². The third kappa shape index (κ3) is 4.12. The Hall–Kier alpha value is -2.31. The lowest BCUT2D eigenvalue weighted by atomic mass is 9.79. The Kier molecular flexibility index (Phi) is 6.58. The van der Waals surface area contributed by atoms with Gasteiger partial charge < -0.3 is 36.8 Å². The first kappa shape index (κ1) is 22.4. The van der Waals surface area contributed by atoms with Gasteiger partial charge in [0.1, 0.15) is 5.70 Å². The van der Waals surface area contributed by atoms with Crippen LogP contribution in [0.2, 0.25) is 0 Å². The molecule has 6 atom stereocenters. The van der Waals surface area contributed by atoms with Crippen molar-refractivity contribution >= 4 is 35.5 Å². The number of guanidine groups is 1. The number of carboxylic acid groups (broad SMARTS) is 1. The molecule has 166 valence electrons. The molecule has 3 aliphatic heterocycles. The number of β-lactam (4-membered cyclic amide) rings is 1. The summed E-state index contributed by atoms with van der Waals surface area (Å²) in [4.78, 5) is 38.5. The van der Waals surface area contributed by atoms with Crippen molar-refractivity contribution < 1.29 is 24.6 Å². The van der Waals surface area contributed by atoms with Gasteiger partial charge in [0.25, 0.3) is 0 Å². The standard InChI is InChI=1S/C18H28N6O5S/c1-7-12-11(8(2)25)16(27)24(12)13(17(28)29)14(7)30-9-5-10(23-6-9)15(26)21-3-4-22-18(19)20/h7-12,23,25H,3-6H2,1-2H3,(H,21,26)(H,28,29)(H4,19,20,22)/t7-,8-,9+,10+,11-,12-/m1/s1. The highest BCUT2D eigenvalue weighted by molar-refractivity contribution is 8.03. The van der Waals surface area contributed by atoms with Crippen molar-refractivity contribution in [1.82, 2.24) is 20.9 Å². The van der Waals surface area contributed by atoms with Crippen LogP contribution in [0.4, 0.5) is 0 Å². The number of carbonyl (C=O) groups excluding carboxylic acids is 2. The van der Waals surface area contributed by atoms with Gasteiger partial charge in [0.15, 0.2) is 5.96 Å². The van der Waals surface area contributed by atoms with Crippen LogP contribution in [-0.2, 0) is 14.4 Å². The van der Waals surface area contributed by atoms with Crippen molar-refractivity contribution in [2.24, 2.45) is 17.6 Å². The van der Waals surface area contributed by atoms with Gasteiger partial charge in [-0.15, -0.1) is 11.8 Å². The number of nitrogens with one attached hydrogen (secondary N) is 4. The molecule has 8 N–H and O–H groups in total. The molecule has 2 fully saturated rings. The van der Waals surface area contributed by atoms with Crippen LogP contribution in [0.5, 0.6) is 0 Å². The van der Waals surface area contributed by atoms with Gasteiger partial charge in [0.05, 0.1) is 24.1 Å². The third-order valence-electron chi connectivity index (χ3n) is 5.75. The number of carbonyl (C=O) groups is 3. The minimum absolute atomic E-state index is 0.00242. The van der Waals surface area contributed by atoms with Crippen molar-refractivity contribution in [1.29, 1.82) is 5.41 Å². The molecule has 0 spiro atoms. The molecule has 0 aromatic heterocycles. The number of aliphatic hydroxyl groups excluding tert-OH is 1. The number of rotatable bonds is 8. The summed E-state index contributed by atoms with van der Waals surface area (Å²) in [5, 5.41) is 35.2. The third-order valence-corrected chi connectivity index (χ3v) is 7.26. The van der Waals surface area contributed by atoms with Gasteiger partial charge in [0, 0.05) is 35.7 Å². The second-order valence-corrected chi connectivity index (χ2v) is 9.18. The Morgan fingerprint density at radius 3 is 2.67 bits per heavy atom. The molecular formula is C18H28N6O5S. The predicted octanol–water partition coefficient (Wildman–Crippen LogP) is -1.80. The first-order valence-corrected chi connectivity index (χ1v) is 10.8. The molecule has 3 rings (SSSR count). The summed E-state index contributed by atoms with van der Waals surface area (Å²) >= 11 is 1.40. The summed E-state index contributed by atoms with van der Waals surface area (Å²) in [7, 11) is 0. The largest absolute Gasteiger partial charge is 0.477 e. The van der Waals surface area contributed by atoms with Gasteiger partial charge in [-0.2, -0.15) is 0 Å². The molecule has 2 saturated heterocycles. The maximum Gasteiger partial charge on any atom is 0.353 e. The Labute approximate surface area is 178 Å². The van der Waals surface area contributed by atoms with E-state index in [0.717, 1.165) is 0 Å². The normalized spacial score (nSPS) is 31.2. The van der Waals surface area contributed by atoms with Gasteiger partial charge in [-0.3, -0.25) is 15.0 Å². The van der Waals surface area contributed by atoms with E-state index in [1.54, 1.807) is 6.92 Å². The van der Waals surface area contributed by atoms with Crippen LogP contribution in [-0.4, -0.2) is 81.9 Å². The molecule has 0 aromatic rings. The van der Waals surface area contributed by atoms with Crippen molar-refractivity contribution in [3.8, 4) is 0 Å². The topological polar surface area (TPSA) is 181 Å². The van der Waals surface area contributed by atoms with E-state index in [1.807, 2.05) is 6.92 Å². The molecule has 0 bridgehead atoms. The fourth-order valence-corrected chi connectivity index (χ4v) is 5.84. The number of nitrogens with zero attached hydrogens (tertiary/aromatic N) is 1. The molecule has 0 unspecified atom stereocenters. The summed E-state index contributed by atoms with van der Waals surface area (Å²) < 4.78 is 0. The average molecular weight is 441 g/mol. The number of thioether (sulfide) groups is 1. The molecule has 0 saturated carbocycles. The first-order valence-electron chi connectivity index (χ1n) is 9.87. The summed E-state index contributed by atoms with van der Waals surface area (Å²) in [6, 6.07) is -0.734. The Morgan fingerprint density at radius 2 is 2.07 bits per heavy atom. The van der Waals surface area contributed by atoms with E-state index in [2.05, 4.69) is 16.0 Å². The molecule has 11 nitrogen and oxygen atoms in total. The van der Waals surface area contributed by atoms with Crippen molar-refractivity contribution in [3.63, 3.8) is 0 Å². The van der Waals surface area contributed by atoms with Gasteiger partial charge in [-0.25, -0.2) is 4.79 Å². The smallest absolute Gasteiger partial charge is 0.353 e. The van der Waals surface area contributed by atoms with Crippen LogP contribution >= 0.6 is 11.8 Å². The van der Waals surface area contributed by atoms with E-state index in [4.69, 9.17) is 11.1 Å². The van der Waals surface area contributed by atoms with E-state index in [9.17, 15) is 24.6 Å². The highest BCUT2D eigenvalue weighted by atomic mass is 32.2. The Bertz CT molecular complexity index is 787. The molecule has 30 heavy (non-hydrogen) atoms. The van der Waals surface area contributed by atoms with E-state index < -0.39 is 24.0 Å². The summed E-state index contributed by atoms with van der Waals surface area (Å²) in [5.41, 5.74) is 5.19. The first-order chi connectivity index (χ1) is 14.1. The molecule has 0 aromatic carbocycles. The predicted molar refractivity (Wildman–Crippen MR) is 110 cm³/mol.